The highest BCUT2D eigenvalue weighted by Crippen LogP contribution is 2.30. The number of rotatable bonds is 5. The molecular formula is C14H21N3O6S. The molecule has 1 fully saturated rings. The van der Waals surface area contributed by atoms with E-state index < -0.39 is 28.6 Å². The first-order valence-electron chi connectivity index (χ1n) is 7.47. The van der Waals surface area contributed by atoms with E-state index in [0.717, 1.165) is 4.31 Å². The third kappa shape index (κ3) is 3.44. The number of sulfonamides is 1. The topological polar surface area (TPSA) is 110 Å². The second kappa shape index (κ2) is 6.89. The molecule has 0 aromatic carbocycles. The maximum absolute atomic E-state index is 12.8. The Morgan fingerprint density at radius 3 is 2.58 bits per heavy atom. The van der Waals surface area contributed by atoms with Gasteiger partial charge >= 0.3 is 5.97 Å². The van der Waals surface area contributed by atoms with Crippen LogP contribution in [0.25, 0.3) is 0 Å². The summed E-state index contributed by atoms with van der Waals surface area (Å²) in [5.74, 6) is -0.922. The van der Waals surface area contributed by atoms with E-state index in [-0.39, 0.29) is 28.8 Å². The molecule has 0 bridgehead atoms. The molecule has 0 spiro atoms. The molecule has 0 N–H and O–H groups in total. The van der Waals surface area contributed by atoms with E-state index in [1.54, 1.807) is 14.1 Å². The fourth-order valence-electron chi connectivity index (χ4n) is 2.58. The highest BCUT2D eigenvalue weighted by Gasteiger charge is 2.42. The van der Waals surface area contributed by atoms with E-state index in [0.29, 0.717) is 12.8 Å². The predicted molar refractivity (Wildman–Crippen MR) is 82.5 cm³/mol. The number of aromatic nitrogens is 1. The van der Waals surface area contributed by atoms with Gasteiger partial charge in [-0.1, -0.05) is 5.16 Å². The summed E-state index contributed by atoms with van der Waals surface area (Å²) in [6, 6.07) is -0.946. The van der Waals surface area contributed by atoms with Crippen molar-refractivity contribution < 1.29 is 27.3 Å². The number of amides is 1. The van der Waals surface area contributed by atoms with E-state index in [9.17, 15) is 18.0 Å². The summed E-state index contributed by atoms with van der Waals surface area (Å²) in [6.07, 6.45) is 0.877. The van der Waals surface area contributed by atoms with Crippen molar-refractivity contribution >= 4 is 21.9 Å². The number of aryl methyl sites for hydroxylation is 2. The zero-order valence-electron chi connectivity index (χ0n) is 14.1. The Labute approximate surface area is 140 Å². The first-order valence-corrected chi connectivity index (χ1v) is 8.91. The minimum absolute atomic E-state index is 0.0217. The molecule has 0 unspecified atom stereocenters. The molecule has 1 aromatic rings. The average molecular weight is 359 g/mol. The smallest absolute Gasteiger partial charge is 0.324 e. The largest absolute Gasteiger partial charge is 0.454 e. The summed E-state index contributed by atoms with van der Waals surface area (Å²) >= 11 is 0. The molecule has 134 valence electrons. The standard InChI is InChI=1S/C14H21N3O6S/c1-9-13(10(2)23-15-9)24(20,21)17-7-5-6-11(17)14(19)22-8-12(18)16(3)4/h11H,5-8H2,1-4H3/t11-/m0/s1. The van der Waals surface area contributed by atoms with Gasteiger partial charge in [-0.05, 0) is 26.7 Å². The minimum Gasteiger partial charge on any atom is -0.454 e. The molecule has 2 rings (SSSR count). The molecule has 10 heteroatoms. The van der Waals surface area contributed by atoms with Crippen molar-refractivity contribution in [3.63, 3.8) is 0 Å². The normalized spacial score (nSPS) is 18.6. The van der Waals surface area contributed by atoms with Crippen molar-refractivity contribution in [3.05, 3.63) is 11.5 Å². The summed E-state index contributed by atoms with van der Waals surface area (Å²) in [5.41, 5.74) is 0.245. The highest BCUT2D eigenvalue weighted by molar-refractivity contribution is 7.89. The van der Waals surface area contributed by atoms with E-state index in [1.807, 2.05) is 0 Å². The summed E-state index contributed by atoms with van der Waals surface area (Å²) < 4.78 is 36.7. The zero-order chi connectivity index (χ0) is 18.1. The van der Waals surface area contributed by atoms with Crippen LogP contribution < -0.4 is 0 Å². The van der Waals surface area contributed by atoms with Crippen LogP contribution in [0, 0.1) is 13.8 Å². The van der Waals surface area contributed by atoms with Crippen molar-refractivity contribution in [1.29, 1.82) is 0 Å². The minimum atomic E-state index is -3.92. The van der Waals surface area contributed by atoms with Gasteiger partial charge in [-0.3, -0.25) is 9.59 Å². The molecular weight excluding hydrogens is 338 g/mol. The van der Waals surface area contributed by atoms with Gasteiger partial charge in [0.15, 0.2) is 12.4 Å². The third-order valence-electron chi connectivity index (χ3n) is 3.85. The summed E-state index contributed by atoms with van der Waals surface area (Å²) in [5, 5.41) is 3.66. The summed E-state index contributed by atoms with van der Waals surface area (Å²) in [4.78, 5) is 25.0. The number of esters is 1. The lowest BCUT2D eigenvalue weighted by Gasteiger charge is -2.22. The van der Waals surface area contributed by atoms with E-state index in [2.05, 4.69) is 5.16 Å². The van der Waals surface area contributed by atoms with Gasteiger partial charge in [0.1, 0.15) is 16.6 Å². The first kappa shape index (κ1) is 18.4. The third-order valence-corrected chi connectivity index (χ3v) is 6.00. The second-order valence-corrected chi connectivity index (χ2v) is 7.65. The van der Waals surface area contributed by atoms with E-state index >= 15 is 0 Å². The Kier molecular flexibility index (Phi) is 5.29. The van der Waals surface area contributed by atoms with Crippen molar-refractivity contribution in [2.24, 2.45) is 0 Å². The van der Waals surface area contributed by atoms with E-state index in [1.165, 1.54) is 18.7 Å². The highest BCUT2D eigenvalue weighted by atomic mass is 32.2. The molecule has 1 aliphatic heterocycles. The van der Waals surface area contributed by atoms with Crippen molar-refractivity contribution in [2.45, 2.75) is 37.6 Å². The van der Waals surface area contributed by atoms with Gasteiger partial charge in [0, 0.05) is 20.6 Å². The molecule has 1 atom stereocenters. The summed E-state index contributed by atoms with van der Waals surface area (Å²) in [7, 11) is -0.842. The fraction of sp³-hybridized carbons (Fsp3) is 0.643. The van der Waals surface area contributed by atoms with Crippen LogP contribution in [-0.2, 0) is 24.3 Å². The molecule has 1 amide bonds. The van der Waals surface area contributed by atoms with Crippen LogP contribution in [0.5, 0.6) is 0 Å². The van der Waals surface area contributed by atoms with Crippen LogP contribution in [0.2, 0.25) is 0 Å². The number of carbonyl (C=O) groups excluding carboxylic acids is 2. The van der Waals surface area contributed by atoms with Gasteiger partial charge in [0.05, 0.1) is 0 Å². The molecule has 1 saturated heterocycles. The van der Waals surface area contributed by atoms with Crippen LogP contribution >= 0.6 is 0 Å². The number of hydrogen-bond donors (Lipinski definition) is 0. The molecule has 2 heterocycles. The van der Waals surface area contributed by atoms with Crippen LogP contribution in [0.3, 0.4) is 0 Å². The molecule has 0 aliphatic carbocycles. The van der Waals surface area contributed by atoms with Crippen LogP contribution in [0.4, 0.5) is 0 Å². The monoisotopic (exact) mass is 359 g/mol. The molecule has 1 aromatic heterocycles. The molecule has 1 aliphatic rings. The lowest BCUT2D eigenvalue weighted by molar-refractivity contribution is -0.153. The van der Waals surface area contributed by atoms with Gasteiger partial charge in [-0.2, -0.15) is 4.31 Å². The van der Waals surface area contributed by atoms with Crippen molar-refractivity contribution in [2.75, 3.05) is 27.2 Å². The zero-order valence-corrected chi connectivity index (χ0v) is 14.9. The van der Waals surface area contributed by atoms with Gasteiger partial charge in [-0.15, -0.1) is 0 Å². The maximum Gasteiger partial charge on any atom is 0.324 e. The van der Waals surface area contributed by atoms with Gasteiger partial charge in [-0.25, -0.2) is 8.42 Å². The van der Waals surface area contributed by atoms with Gasteiger partial charge in [0.25, 0.3) is 5.91 Å². The maximum atomic E-state index is 12.8. The summed E-state index contributed by atoms with van der Waals surface area (Å²) in [6.45, 7) is 2.82. The Morgan fingerprint density at radius 2 is 2.04 bits per heavy atom. The second-order valence-electron chi connectivity index (χ2n) is 5.82. The lowest BCUT2D eigenvalue weighted by Crippen LogP contribution is -2.42. The first-order chi connectivity index (χ1) is 11.2. The van der Waals surface area contributed by atoms with Crippen LogP contribution in [0.1, 0.15) is 24.3 Å². The lowest BCUT2D eigenvalue weighted by atomic mass is 10.2. The Bertz CT molecular complexity index is 720. The predicted octanol–water partition coefficient (Wildman–Crippen LogP) is 0.0759. The Hall–Kier alpha value is -1.94. The molecule has 24 heavy (non-hydrogen) atoms. The van der Waals surface area contributed by atoms with E-state index in [4.69, 9.17) is 9.26 Å². The number of carbonyl (C=O) groups is 2. The number of ether oxygens (including phenoxy) is 1. The number of likely N-dealkylation sites (N-methyl/N-ethyl adjacent to an activating group) is 1. The number of nitrogens with zero attached hydrogens (tertiary/aromatic N) is 3. The molecule has 9 nitrogen and oxygen atoms in total. The molecule has 0 radical (unpaired) electrons. The SMILES string of the molecule is Cc1noc(C)c1S(=O)(=O)N1CCC[C@H]1C(=O)OCC(=O)N(C)C. The van der Waals surface area contributed by atoms with Gasteiger partial charge < -0.3 is 14.2 Å². The van der Waals surface area contributed by atoms with Crippen molar-refractivity contribution in [3.8, 4) is 0 Å². The Balaban J connectivity index is 2.18. The van der Waals surface area contributed by atoms with Crippen LogP contribution in [-0.4, -0.2) is 67.9 Å². The fourth-order valence-corrected chi connectivity index (χ4v) is 4.52. The Morgan fingerprint density at radius 1 is 1.38 bits per heavy atom. The van der Waals surface area contributed by atoms with Crippen LogP contribution in [0.15, 0.2) is 9.42 Å². The number of hydrogen-bond acceptors (Lipinski definition) is 7. The average Bonchev–Trinajstić information content (AvgIpc) is 3.11. The quantitative estimate of drug-likeness (QED) is 0.684. The van der Waals surface area contributed by atoms with Crippen molar-refractivity contribution in [1.82, 2.24) is 14.4 Å². The molecule has 0 saturated carbocycles. The van der Waals surface area contributed by atoms with Gasteiger partial charge in [0.2, 0.25) is 10.0 Å².